The number of carbonyl (C=O) groups excluding carboxylic acids is 2. The quantitative estimate of drug-likeness (QED) is 0.423. The van der Waals surface area contributed by atoms with Crippen molar-refractivity contribution in [1.29, 1.82) is 0 Å². The van der Waals surface area contributed by atoms with Crippen LogP contribution < -0.4 is 5.32 Å². The first-order chi connectivity index (χ1) is 15.8. The molecule has 3 rings (SSSR count). The summed E-state index contributed by atoms with van der Waals surface area (Å²) in [6.45, 7) is 13.2. The van der Waals surface area contributed by atoms with E-state index in [0.29, 0.717) is 16.8 Å². The van der Waals surface area contributed by atoms with Crippen molar-refractivity contribution in [2.45, 2.75) is 77.0 Å². The van der Waals surface area contributed by atoms with Crippen LogP contribution in [0.2, 0.25) is 0 Å². The Morgan fingerprint density at radius 3 is 2.45 bits per heavy atom. The van der Waals surface area contributed by atoms with Crippen LogP contribution in [0.4, 0.5) is 8.78 Å². The third-order valence-corrected chi connectivity index (χ3v) is 5.55. The minimum atomic E-state index is -1.26. The number of pyridine rings is 1. The van der Waals surface area contributed by atoms with E-state index in [-0.39, 0.29) is 31.2 Å². The van der Waals surface area contributed by atoms with E-state index in [1.807, 2.05) is 0 Å². The molecule has 1 aromatic heterocycles. The lowest BCUT2D eigenvalue weighted by Crippen LogP contribution is -2.47. The van der Waals surface area contributed by atoms with Gasteiger partial charge in [-0.3, -0.25) is 9.59 Å². The maximum atomic E-state index is 14.6. The Balaban J connectivity index is 0.00000122. The van der Waals surface area contributed by atoms with E-state index in [2.05, 4.69) is 37.3 Å². The Kier molecular flexibility index (Phi) is 9.95. The van der Waals surface area contributed by atoms with E-state index in [0.717, 1.165) is 12.8 Å². The SMILES string of the molecule is C=C/C=C(\C=C)C(NC(=O)C1CC(F)CN1C(=O)CC)c1ccc(C2CC2)c(F)n1.CCC. The van der Waals surface area contributed by atoms with E-state index in [4.69, 9.17) is 0 Å². The Morgan fingerprint density at radius 1 is 1.27 bits per heavy atom. The highest BCUT2D eigenvalue weighted by Gasteiger charge is 2.40. The molecule has 33 heavy (non-hydrogen) atoms. The van der Waals surface area contributed by atoms with Crippen molar-refractivity contribution in [2.75, 3.05) is 6.54 Å². The van der Waals surface area contributed by atoms with Crippen LogP contribution in [0.1, 0.15) is 76.1 Å². The fourth-order valence-electron chi connectivity index (χ4n) is 3.82. The Hall–Kier alpha value is -2.83. The standard InChI is InChI=1S/C23H27F2N3O2.C3H8/c1-4-7-14(5-2)21(18-11-10-17(15-8-9-15)22(25)26-18)27-23(30)19-12-16(24)13-28(19)20(29)6-3;1-3-2/h4-5,7,10-11,15-16,19,21H,1-2,6,8-9,12-13H2,3H3,(H,27,30);3H2,1-2H3/b14-7+;. The molecule has 1 aliphatic carbocycles. The minimum Gasteiger partial charge on any atom is -0.342 e. The third-order valence-electron chi connectivity index (χ3n) is 5.55. The number of hydrogen-bond donors (Lipinski definition) is 1. The molecule has 3 unspecified atom stereocenters. The first-order valence-corrected chi connectivity index (χ1v) is 11.7. The van der Waals surface area contributed by atoms with Crippen molar-refractivity contribution in [2.24, 2.45) is 0 Å². The van der Waals surface area contributed by atoms with Crippen LogP contribution in [-0.4, -0.2) is 40.5 Å². The van der Waals surface area contributed by atoms with Crippen molar-refractivity contribution in [1.82, 2.24) is 15.2 Å². The fraction of sp³-hybridized carbons (Fsp3) is 0.500. The molecule has 0 spiro atoms. The van der Waals surface area contributed by atoms with Crippen LogP contribution in [0, 0.1) is 5.95 Å². The lowest BCUT2D eigenvalue weighted by atomic mass is 10.0. The second-order valence-corrected chi connectivity index (χ2v) is 8.39. The summed E-state index contributed by atoms with van der Waals surface area (Å²) < 4.78 is 28.6. The van der Waals surface area contributed by atoms with Crippen molar-refractivity contribution in [3.63, 3.8) is 0 Å². The summed E-state index contributed by atoms with van der Waals surface area (Å²) in [5.74, 6) is -1.14. The normalized spacial score (nSPS) is 21.0. The van der Waals surface area contributed by atoms with Gasteiger partial charge in [0.25, 0.3) is 0 Å². The zero-order valence-electron chi connectivity index (χ0n) is 19.8. The van der Waals surface area contributed by atoms with Gasteiger partial charge in [0.1, 0.15) is 12.2 Å². The van der Waals surface area contributed by atoms with Crippen LogP contribution in [-0.2, 0) is 9.59 Å². The second-order valence-electron chi connectivity index (χ2n) is 8.39. The first kappa shape index (κ1) is 26.4. The van der Waals surface area contributed by atoms with E-state index >= 15 is 0 Å². The molecular weight excluding hydrogens is 424 g/mol. The Morgan fingerprint density at radius 2 is 1.94 bits per heavy atom. The van der Waals surface area contributed by atoms with E-state index in [1.165, 1.54) is 23.5 Å². The molecule has 2 aliphatic rings. The predicted molar refractivity (Wildman–Crippen MR) is 127 cm³/mol. The van der Waals surface area contributed by atoms with Crippen LogP contribution in [0.5, 0.6) is 0 Å². The molecule has 3 atom stereocenters. The number of alkyl halides is 1. The van der Waals surface area contributed by atoms with Gasteiger partial charge in [0, 0.05) is 18.4 Å². The molecule has 1 aliphatic heterocycles. The Bertz CT molecular complexity index is 896. The van der Waals surface area contributed by atoms with Gasteiger partial charge in [-0.15, -0.1) is 0 Å². The average Bonchev–Trinajstić information content (AvgIpc) is 3.56. The lowest BCUT2D eigenvalue weighted by molar-refractivity contribution is -0.138. The molecule has 5 nitrogen and oxygen atoms in total. The molecular formula is C26H35F2N3O2. The number of carbonyl (C=O) groups is 2. The summed E-state index contributed by atoms with van der Waals surface area (Å²) >= 11 is 0. The summed E-state index contributed by atoms with van der Waals surface area (Å²) in [4.78, 5) is 30.5. The molecule has 2 heterocycles. The van der Waals surface area contributed by atoms with Crippen LogP contribution in [0.3, 0.4) is 0 Å². The molecule has 0 aromatic carbocycles. The van der Waals surface area contributed by atoms with Gasteiger partial charge in [-0.2, -0.15) is 4.39 Å². The number of aromatic nitrogens is 1. The Labute approximate surface area is 195 Å². The summed E-state index contributed by atoms with van der Waals surface area (Å²) in [5.41, 5.74) is 1.45. The summed E-state index contributed by atoms with van der Waals surface area (Å²) in [5, 5.41) is 2.82. The van der Waals surface area contributed by atoms with Crippen molar-refractivity contribution >= 4 is 11.8 Å². The molecule has 2 fully saturated rings. The molecule has 1 saturated carbocycles. The zero-order valence-corrected chi connectivity index (χ0v) is 19.8. The van der Waals surface area contributed by atoms with Crippen molar-refractivity contribution < 1.29 is 18.4 Å². The van der Waals surface area contributed by atoms with E-state index < -0.39 is 30.1 Å². The summed E-state index contributed by atoms with van der Waals surface area (Å²) in [6.07, 6.45) is 6.71. The number of rotatable bonds is 8. The summed E-state index contributed by atoms with van der Waals surface area (Å²) in [6, 6.07) is 1.67. The number of allylic oxidation sites excluding steroid dienone is 2. The van der Waals surface area contributed by atoms with Crippen LogP contribution in [0.15, 0.2) is 49.1 Å². The molecule has 1 saturated heterocycles. The molecule has 7 heteroatoms. The van der Waals surface area contributed by atoms with Crippen molar-refractivity contribution in [3.05, 3.63) is 66.3 Å². The minimum absolute atomic E-state index is 0.0682. The predicted octanol–water partition coefficient (Wildman–Crippen LogP) is 5.32. The lowest BCUT2D eigenvalue weighted by Gasteiger charge is -2.26. The van der Waals surface area contributed by atoms with E-state index in [9.17, 15) is 18.4 Å². The summed E-state index contributed by atoms with van der Waals surface area (Å²) in [7, 11) is 0. The molecule has 1 N–H and O–H groups in total. The van der Waals surface area contributed by atoms with Gasteiger partial charge in [0.05, 0.1) is 18.3 Å². The number of halogens is 2. The number of hydrogen-bond acceptors (Lipinski definition) is 3. The maximum absolute atomic E-state index is 14.6. The van der Waals surface area contributed by atoms with E-state index in [1.54, 1.807) is 25.1 Å². The number of nitrogens with one attached hydrogen (secondary N) is 1. The molecule has 0 radical (unpaired) electrons. The third kappa shape index (κ3) is 6.83. The molecule has 180 valence electrons. The second kappa shape index (κ2) is 12.4. The zero-order chi connectivity index (χ0) is 24.5. The van der Waals surface area contributed by atoms with Gasteiger partial charge >= 0.3 is 0 Å². The van der Waals surface area contributed by atoms with Gasteiger partial charge in [0.15, 0.2) is 0 Å². The van der Waals surface area contributed by atoms with Crippen LogP contribution >= 0.6 is 0 Å². The highest BCUT2D eigenvalue weighted by atomic mass is 19.1. The molecule has 1 aromatic rings. The van der Waals surface area contributed by atoms with Gasteiger partial charge in [-0.05, 0) is 30.4 Å². The fourth-order valence-corrected chi connectivity index (χ4v) is 3.82. The maximum Gasteiger partial charge on any atom is 0.243 e. The number of amides is 2. The van der Waals surface area contributed by atoms with Gasteiger partial charge < -0.3 is 10.2 Å². The highest BCUT2D eigenvalue weighted by Crippen LogP contribution is 2.41. The van der Waals surface area contributed by atoms with Crippen molar-refractivity contribution in [3.8, 4) is 0 Å². The van der Waals surface area contributed by atoms with Gasteiger partial charge in [-0.25, -0.2) is 9.37 Å². The van der Waals surface area contributed by atoms with Gasteiger partial charge in [0.2, 0.25) is 17.8 Å². The highest BCUT2D eigenvalue weighted by molar-refractivity contribution is 5.88. The van der Waals surface area contributed by atoms with Gasteiger partial charge in [-0.1, -0.05) is 64.6 Å². The monoisotopic (exact) mass is 459 g/mol. The smallest absolute Gasteiger partial charge is 0.243 e. The molecule has 0 bridgehead atoms. The largest absolute Gasteiger partial charge is 0.342 e. The number of likely N-dealkylation sites (tertiary alicyclic amines) is 1. The van der Waals surface area contributed by atoms with Crippen LogP contribution in [0.25, 0.3) is 0 Å². The average molecular weight is 460 g/mol. The topological polar surface area (TPSA) is 62.3 Å². The molecule has 2 amide bonds. The number of nitrogens with zero attached hydrogens (tertiary/aromatic N) is 2. The first-order valence-electron chi connectivity index (χ1n) is 11.7.